The number of terminal acetylenes is 1. The molecule has 3 rings (SSSR count). The number of hydrogen-bond acceptors (Lipinski definition) is 7. The Bertz CT molecular complexity index is 964. The highest BCUT2D eigenvalue weighted by atomic mass is 32.2. The first-order valence-corrected chi connectivity index (χ1v) is 9.64. The SMILES string of the molecule is C#CCOc1cnc(C(=O)NC2=CC([C@@]3(C)N=C(N)SC=C3C)C(F)C=C2)cn1. The van der Waals surface area contributed by atoms with Crippen LogP contribution in [0.5, 0.6) is 5.88 Å². The monoisotopic (exact) mass is 413 g/mol. The van der Waals surface area contributed by atoms with E-state index in [9.17, 15) is 9.18 Å². The summed E-state index contributed by atoms with van der Waals surface area (Å²) in [6.07, 6.45) is 11.0. The molecule has 0 bridgehead atoms. The molecule has 1 amide bonds. The van der Waals surface area contributed by atoms with E-state index in [-0.39, 0.29) is 18.2 Å². The zero-order valence-corrected chi connectivity index (χ0v) is 16.7. The van der Waals surface area contributed by atoms with Crippen LogP contribution in [0.25, 0.3) is 0 Å². The molecule has 3 atom stereocenters. The fourth-order valence-electron chi connectivity index (χ4n) is 2.98. The van der Waals surface area contributed by atoms with Gasteiger partial charge in [-0.15, -0.1) is 6.42 Å². The third-order valence-electron chi connectivity index (χ3n) is 4.73. The van der Waals surface area contributed by atoms with E-state index in [1.807, 2.05) is 19.3 Å². The van der Waals surface area contributed by atoms with E-state index in [4.69, 9.17) is 16.9 Å². The van der Waals surface area contributed by atoms with Gasteiger partial charge in [0.2, 0.25) is 5.88 Å². The van der Waals surface area contributed by atoms with Crippen LogP contribution in [0.1, 0.15) is 24.3 Å². The van der Waals surface area contributed by atoms with Crippen LogP contribution in [-0.4, -0.2) is 39.4 Å². The molecule has 0 aromatic carbocycles. The van der Waals surface area contributed by atoms with Crippen molar-refractivity contribution < 1.29 is 13.9 Å². The number of carbonyl (C=O) groups excluding carboxylic acids is 1. The molecule has 7 nitrogen and oxygen atoms in total. The van der Waals surface area contributed by atoms with Crippen LogP contribution in [0.4, 0.5) is 4.39 Å². The maximum absolute atomic E-state index is 14.7. The normalized spacial score (nSPS) is 25.9. The molecule has 0 spiro atoms. The van der Waals surface area contributed by atoms with Crippen molar-refractivity contribution in [3.05, 3.63) is 53.0 Å². The molecule has 0 fully saturated rings. The van der Waals surface area contributed by atoms with E-state index in [2.05, 4.69) is 26.2 Å². The lowest BCUT2D eigenvalue weighted by Gasteiger charge is -2.38. The van der Waals surface area contributed by atoms with Gasteiger partial charge in [-0.2, -0.15) is 0 Å². The smallest absolute Gasteiger partial charge is 0.275 e. The lowest BCUT2D eigenvalue weighted by Crippen LogP contribution is -2.42. The predicted octanol–water partition coefficient (Wildman–Crippen LogP) is 2.35. The average molecular weight is 413 g/mol. The second-order valence-corrected chi connectivity index (χ2v) is 7.54. The Hall–Kier alpha value is -3.12. The van der Waals surface area contributed by atoms with E-state index in [1.54, 1.807) is 6.08 Å². The van der Waals surface area contributed by atoms with Crippen LogP contribution < -0.4 is 15.8 Å². The highest BCUT2D eigenvalue weighted by Crippen LogP contribution is 2.40. The Morgan fingerprint density at radius 3 is 2.97 bits per heavy atom. The molecule has 1 aromatic rings. The topological polar surface area (TPSA) is 102 Å². The summed E-state index contributed by atoms with van der Waals surface area (Å²) < 4.78 is 19.8. The minimum atomic E-state index is -1.27. The van der Waals surface area contributed by atoms with Crippen molar-refractivity contribution in [1.82, 2.24) is 15.3 Å². The van der Waals surface area contributed by atoms with Gasteiger partial charge in [-0.05, 0) is 37.0 Å². The quantitative estimate of drug-likeness (QED) is 0.719. The van der Waals surface area contributed by atoms with Crippen molar-refractivity contribution in [1.29, 1.82) is 0 Å². The Labute approximate surface area is 172 Å². The zero-order valence-electron chi connectivity index (χ0n) is 15.9. The standard InChI is InChI=1S/C20H20FN5O2S/c1-4-7-28-17-10-23-16(9-24-17)18(27)25-13-5-6-15(21)14(8-13)20(3)12(2)11-29-19(22)26-20/h1,5-6,8-11,14-15H,7H2,2-3H3,(H2,22,26)(H,25,27)/t14?,15?,20-/m0/s1. The Kier molecular flexibility index (Phi) is 6.03. The third-order valence-corrected chi connectivity index (χ3v) is 5.53. The number of alkyl halides is 1. The average Bonchev–Trinajstić information content (AvgIpc) is 2.71. The molecular formula is C20H20FN5O2S. The summed E-state index contributed by atoms with van der Waals surface area (Å²) in [6.45, 7) is 3.78. The number of hydrogen-bond donors (Lipinski definition) is 2. The van der Waals surface area contributed by atoms with Gasteiger partial charge < -0.3 is 15.8 Å². The van der Waals surface area contributed by atoms with Crippen LogP contribution in [0.3, 0.4) is 0 Å². The molecule has 3 N–H and O–H groups in total. The fraction of sp³-hybridized carbons (Fsp3) is 0.300. The molecule has 1 aromatic heterocycles. The van der Waals surface area contributed by atoms with Gasteiger partial charge in [0, 0.05) is 11.6 Å². The lowest BCUT2D eigenvalue weighted by atomic mass is 9.76. The first-order valence-electron chi connectivity index (χ1n) is 8.76. The fourth-order valence-corrected chi connectivity index (χ4v) is 3.76. The number of carbonyl (C=O) groups is 1. The predicted molar refractivity (Wildman–Crippen MR) is 111 cm³/mol. The number of nitrogens with one attached hydrogen (secondary N) is 1. The van der Waals surface area contributed by atoms with E-state index in [1.165, 1.54) is 36.3 Å². The molecule has 29 heavy (non-hydrogen) atoms. The van der Waals surface area contributed by atoms with Gasteiger partial charge in [0.25, 0.3) is 5.91 Å². The van der Waals surface area contributed by atoms with Crippen molar-refractivity contribution in [2.45, 2.75) is 25.6 Å². The minimum Gasteiger partial charge on any atom is -0.463 e. The van der Waals surface area contributed by atoms with Crippen LogP contribution >= 0.6 is 11.8 Å². The van der Waals surface area contributed by atoms with Crippen molar-refractivity contribution in [2.24, 2.45) is 16.6 Å². The molecule has 1 aliphatic carbocycles. The molecule has 2 heterocycles. The largest absolute Gasteiger partial charge is 0.463 e. The summed E-state index contributed by atoms with van der Waals surface area (Å²) in [4.78, 5) is 25.0. The van der Waals surface area contributed by atoms with E-state index in [0.29, 0.717) is 10.9 Å². The summed E-state index contributed by atoms with van der Waals surface area (Å²) >= 11 is 1.31. The second-order valence-electron chi connectivity index (χ2n) is 6.65. The van der Waals surface area contributed by atoms with Gasteiger partial charge in [-0.3, -0.25) is 9.79 Å². The number of allylic oxidation sites excluding steroid dienone is 2. The molecular weight excluding hydrogens is 393 g/mol. The number of thioether (sulfide) groups is 1. The van der Waals surface area contributed by atoms with E-state index in [0.717, 1.165) is 5.57 Å². The van der Waals surface area contributed by atoms with Crippen LogP contribution in [0.15, 0.2) is 52.3 Å². The van der Waals surface area contributed by atoms with Gasteiger partial charge in [0.05, 0.1) is 17.9 Å². The number of aliphatic imine (C=N–C) groups is 1. The number of nitrogens with zero attached hydrogens (tertiary/aromatic N) is 3. The first-order chi connectivity index (χ1) is 13.8. The molecule has 0 saturated heterocycles. The number of amidine groups is 1. The molecule has 2 aliphatic rings. The summed E-state index contributed by atoms with van der Waals surface area (Å²) in [5, 5.41) is 4.97. The van der Waals surface area contributed by atoms with Gasteiger partial charge in [0.1, 0.15) is 11.9 Å². The maximum Gasteiger partial charge on any atom is 0.275 e. The Morgan fingerprint density at radius 1 is 1.48 bits per heavy atom. The summed E-state index contributed by atoms with van der Waals surface area (Å²) in [5.74, 6) is 1.43. The first kappa shape index (κ1) is 20.6. The molecule has 0 radical (unpaired) electrons. The number of nitrogens with two attached hydrogens (primary N) is 1. The Balaban J connectivity index is 1.77. The molecule has 1 aliphatic heterocycles. The number of amides is 1. The van der Waals surface area contributed by atoms with Gasteiger partial charge in [0.15, 0.2) is 11.8 Å². The summed E-state index contributed by atoms with van der Waals surface area (Å²) in [5.41, 5.74) is 6.45. The molecule has 9 heteroatoms. The lowest BCUT2D eigenvalue weighted by molar-refractivity contribution is 0.0960. The third kappa shape index (κ3) is 4.49. The van der Waals surface area contributed by atoms with Crippen LogP contribution in [0, 0.1) is 18.3 Å². The summed E-state index contributed by atoms with van der Waals surface area (Å²) in [6, 6.07) is 0. The number of rotatable bonds is 5. The van der Waals surface area contributed by atoms with E-state index >= 15 is 0 Å². The summed E-state index contributed by atoms with van der Waals surface area (Å²) in [7, 11) is 0. The number of halogens is 1. The number of ether oxygens (including phenoxy) is 1. The molecule has 150 valence electrons. The van der Waals surface area contributed by atoms with Crippen LogP contribution in [-0.2, 0) is 0 Å². The maximum atomic E-state index is 14.7. The van der Waals surface area contributed by atoms with Gasteiger partial charge >= 0.3 is 0 Å². The van der Waals surface area contributed by atoms with Crippen molar-refractivity contribution in [3.8, 4) is 18.2 Å². The van der Waals surface area contributed by atoms with E-state index < -0.39 is 23.5 Å². The van der Waals surface area contributed by atoms with Gasteiger partial charge in [-0.1, -0.05) is 23.8 Å². The molecule has 0 saturated carbocycles. The van der Waals surface area contributed by atoms with Crippen molar-refractivity contribution in [2.75, 3.05) is 6.61 Å². The second kappa shape index (κ2) is 8.49. The van der Waals surface area contributed by atoms with Crippen molar-refractivity contribution in [3.63, 3.8) is 0 Å². The zero-order chi connectivity index (χ0) is 21.0. The highest BCUT2D eigenvalue weighted by Gasteiger charge is 2.42. The Morgan fingerprint density at radius 2 is 2.28 bits per heavy atom. The highest BCUT2D eigenvalue weighted by molar-refractivity contribution is 8.16. The number of aromatic nitrogens is 2. The van der Waals surface area contributed by atoms with Crippen LogP contribution in [0.2, 0.25) is 0 Å². The minimum absolute atomic E-state index is 0.0574. The van der Waals surface area contributed by atoms with Crippen molar-refractivity contribution >= 4 is 22.8 Å². The van der Waals surface area contributed by atoms with Gasteiger partial charge in [-0.25, -0.2) is 14.4 Å². The molecule has 2 unspecified atom stereocenters.